The summed E-state index contributed by atoms with van der Waals surface area (Å²) in [5.74, 6) is -5.14. The van der Waals surface area contributed by atoms with Crippen molar-refractivity contribution in [3.8, 4) is 0 Å². The molecule has 6 atom stereocenters. The number of aryl methyl sites for hydroxylation is 2. The lowest BCUT2D eigenvalue weighted by atomic mass is 9.46. The first kappa shape index (κ1) is 49.0. The zero-order valence-corrected chi connectivity index (χ0v) is 40.0. The minimum atomic E-state index is -1.81. The number of aliphatic hydroxyl groups is 4. The summed E-state index contributed by atoms with van der Waals surface area (Å²) in [6, 6.07) is 30.0. The second-order valence-electron chi connectivity index (χ2n) is 19.7. The Hall–Kier alpha value is -5.39. The summed E-state index contributed by atoms with van der Waals surface area (Å²) in [7, 11) is 0. The van der Waals surface area contributed by atoms with Crippen molar-refractivity contribution in [2.24, 2.45) is 46.3 Å². The van der Waals surface area contributed by atoms with Crippen molar-refractivity contribution in [1.82, 2.24) is 10.6 Å². The Morgan fingerprint density at radius 3 is 1.26 bits per heavy atom. The second-order valence-corrected chi connectivity index (χ2v) is 19.7. The van der Waals surface area contributed by atoms with Gasteiger partial charge in [0.15, 0.2) is 17.3 Å². The van der Waals surface area contributed by atoms with E-state index in [1.54, 1.807) is 60.7 Å². The molecule has 0 bridgehead atoms. The van der Waals surface area contributed by atoms with Crippen molar-refractivity contribution in [1.29, 1.82) is 0 Å². The van der Waals surface area contributed by atoms with Crippen LogP contribution in [0.15, 0.2) is 133 Å². The Bertz CT molecular complexity index is 2430. The van der Waals surface area contributed by atoms with Gasteiger partial charge in [-0.15, -0.1) is 0 Å². The molecule has 0 saturated carbocycles. The van der Waals surface area contributed by atoms with Gasteiger partial charge in [-0.2, -0.15) is 0 Å². The van der Waals surface area contributed by atoms with Crippen LogP contribution in [-0.4, -0.2) is 90.4 Å². The fourth-order valence-electron chi connectivity index (χ4n) is 12.2. The number of ketones is 3. The molecule has 8 rings (SSSR count). The molecule has 6 N–H and O–H groups in total. The highest BCUT2D eigenvalue weighted by molar-refractivity contribution is 6.22. The number of carbonyl (C=O) groups excluding carboxylic acids is 3. The van der Waals surface area contributed by atoms with E-state index in [9.17, 15) is 20.4 Å². The Kier molecular flexibility index (Phi) is 15.2. The predicted octanol–water partition coefficient (Wildman–Crippen LogP) is 8.01. The average molecular weight is 917 g/mol. The summed E-state index contributed by atoms with van der Waals surface area (Å²) in [5.41, 5.74) is 4.83. The molecule has 9 nitrogen and oxygen atoms in total. The molecule has 2 heterocycles. The molecule has 2 saturated heterocycles. The van der Waals surface area contributed by atoms with Gasteiger partial charge < -0.3 is 31.1 Å². The molecule has 68 heavy (non-hydrogen) atoms. The number of piperidine rings is 2. The van der Waals surface area contributed by atoms with Crippen LogP contribution >= 0.6 is 0 Å². The van der Waals surface area contributed by atoms with Gasteiger partial charge >= 0.3 is 0 Å². The van der Waals surface area contributed by atoms with Crippen LogP contribution < -0.4 is 10.6 Å². The van der Waals surface area contributed by atoms with Gasteiger partial charge in [0.2, 0.25) is 0 Å². The van der Waals surface area contributed by atoms with Crippen LogP contribution in [0.4, 0.5) is 0 Å². The molecule has 0 aromatic heterocycles. The third kappa shape index (κ3) is 8.78. The van der Waals surface area contributed by atoms with Crippen molar-refractivity contribution in [2.45, 2.75) is 53.4 Å². The Balaban J connectivity index is 1.51. The number of hydrogen-bond acceptors (Lipinski definition) is 9. The third-order valence-electron chi connectivity index (χ3n) is 16.2. The van der Waals surface area contributed by atoms with E-state index in [0.29, 0.717) is 35.4 Å². The molecular weight excluding hydrogens is 849 g/mol. The first-order valence-electron chi connectivity index (χ1n) is 24.6. The summed E-state index contributed by atoms with van der Waals surface area (Å²) in [6.07, 6.45) is 10.8. The van der Waals surface area contributed by atoms with Crippen LogP contribution in [0, 0.1) is 74.0 Å². The number of Topliss-reactive ketones (excluding diaryl/α,β-unsaturated/α-hetero) is 3. The van der Waals surface area contributed by atoms with E-state index in [1.165, 1.54) is 0 Å². The van der Waals surface area contributed by atoms with Gasteiger partial charge in [0, 0.05) is 60.5 Å². The standard InChI is InChI=1S/C59H68N2O7/c1-37-15-11-23-47(39(37)3)49-27-53(43-21-13-25-60-31-43)58(45(33-62)34-63,29-51(49)55(66)41-17-7-5-8-18-41)57(68)59(46(35-64)36-65)30-52(56(67)42-19-9-6-10-20-42)50(48-24-12-16-38(2)40(48)4)28-54(59)44-22-14-26-61-32-44/h5-12,15-20,23-24,27-30,43-46,53-54,60-65H,13-14,21-22,25-26,31-36H2,1-4H3. The van der Waals surface area contributed by atoms with E-state index in [4.69, 9.17) is 0 Å². The molecule has 4 aromatic rings. The smallest absolute Gasteiger partial charge is 0.193 e. The van der Waals surface area contributed by atoms with Gasteiger partial charge in [0.1, 0.15) is 0 Å². The Morgan fingerprint density at radius 2 is 0.926 bits per heavy atom. The van der Waals surface area contributed by atoms with Crippen LogP contribution in [0.5, 0.6) is 0 Å². The lowest BCUT2D eigenvalue weighted by Gasteiger charge is -2.56. The van der Waals surface area contributed by atoms with Crippen LogP contribution in [0.2, 0.25) is 0 Å². The third-order valence-corrected chi connectivity index (χ3v) is 16.2. The van der Waals surface area contributed by atoms with E-state index in [0.717, 1.165) is 72.2 Å². The molecule has 2 aliphatic heterocycles. The number of nitrogens with one attached hydrogen (secondary N) is 2. The quantitative estimate of drug-likeness (QED) is 0.0614. The Morgan fingerprint density at radius 1 is 0.544 bits per heavy atom. The first-order chi connectivity index (χ1) is 33.0. The van der Waals surface area contributed by atoms with Crippen LogP contribution in [0.3, 0.4) is 0 Å². The van der Waals surface area contributed by atoms with Gasteiger partial charge in [-0.25, -0.2) is 0 Å². The number of carbonyl (C=O) groups is 3. The van der Waals surface area contributed by atoms with Crippen LogP contribution in [-0.2, 0) is 4.79 Å². The molecule has 4 aromatic carbocycles. The predicted molar refractivity (Wildman–Crippen MR) is 269 cm³/mol. The monoisotopic (exact) mass is 917 g/mol. The maximum atomic E-state index is 17.7. The summed E-state index contributed by atoms with van der Waals surface area (Å²) in [5, 5.41) is 54.1. The number of hydrogen-bond donors (Lipinski definition) is 6. The zero-order valence-electron chi connectivity index (χ0n) is 40.0. The molecular formula is C59H68N2O7. The minimum Gasteiger partial charge on any atom is -0.396 e. The number of allylic oxidation sites excluding steroid dienone is 8. The number of benzene rings is 4. The summed E-state index contributed by atoms with van der Waals surface area (Å²) in [6.45, 7) is 8.36. The average Bonchev–Trinajstić information content (AvgIpc) is 3.38. The lowest BCUT2D eigenvalue weighted by Crippen LogP contribution is -2.62. The summed E-state index contributed by atoms with van der Waals surface area (Å²) >= 11 is 0. The Labute approximate surface area is 401 Å². The SMILES string of the molecule is Cc1cccc(C2=CC(C3CCCNC3)C(C(=O)C3(C(CO)CO)C=C(C(=O)c4ccccc4)C(c4cccc(C)c4C)=CC3C3CCCNC3)(C(CO)CO)C=C2C(=O)c2ccccc2)c1C. The minimum absolute atomic E-state index is 0.203. The van der Waals surface area contributed by atoms with Crippen molar-refractivity contribution >= 4 is 28.5 Å². The lowest BCUT2D eigenvalue weighted by molar-refractivity contribution is -0.153. The highest BCUT2D eigenvalue weighted by Gasteiger charge is 2.64. The summed E-state index contributed by atoms with van der Waals surface area (Å²) in [4.78, 5) is 48.6. The molecule has 6 unspecified atom stereocenters. The van der Waals surface area contributed by atoms with E-state index < -0.39 is 66.7 Å². The van der Waals surface area contributed by atoms with Crippen molar-refractivity contribution in [2.75, 3.05) is 52.6 Å². The number of rotatable bonds is 16. The van der Waals surface area contributed by atoms with Crippen molar-refractivity contribution < 1.29 is 34.8 Å². The molecule has 2 fully saturated rings. The molecule has 0 radical (unpaired) electrons. The van der Waals surface area contributed by atoms with Gasteiger partial charge in [-0.1, -0.05) is 121 Å². The molecule has 356 valence electrons. The highest BCUT2D eigenvalue weighted by atomic mass is 16.3. The zero-order chi connectivity index (χ0) is 48.2. The normalized spacial score (nSPS) is 25.3. The second kappa shape index (κ2) is 21.1. The maximum absolute atomic E-state index is 17.7. The molecule has 2 aliphatic carbocycles. The molecule has 9 heteroatoms. The van der Waals surface area contributed by atoms with Crippen LogP contribution in [0.1, 0.15) is 79.8 Å². The van der Waals surface area contributed by atoms with E-state index in [-0.39, 0.29) is 34.5 Å². The highest BCUT2D eigenvalue weighted by Crippen LogP contribution is 2.60. The van der Waals surface area contributed by atoms with E-state index in [2.05, 4.69) is 22.8 Å². The topological polar surface area (TPSA) is 156 Å². The molecule has 0 spiro atoms. The van der Waals surface area contributed by atoms with Gasteiger partial charge in [0.25, 0.3) is 0 Å². The van der Waals surface area contributed by atoms with Gasteiger partial charge in [0.05, 0.1) is 10.8 Å². The number of aliphatic hydroxyl groups excluding tert-OH is 4. The summed E-state index contributed by atoms with van der Waals surface area (Å²) < 4.78 is 0. The largest absolute Gasteiger partial charge is 0.396 e. The van der Waals surface area contributed by atoms with Gasteiger partial charge in [-0.3, -0.25) is 14.4 Å². The maximum Gasteiger partial charge on any atom is 0.193 e. The van der Waals surface area contributed by atoms with Crippen molar-refractivity contribution in [3.05, 3.63) is 177 Å². The van der Waals surface area contributed by atoms with E-state index in [1.807, 2.05) is 76.2 Å². The fraction of sp³-hybridized carbons (Fsp3) is 0.407. The molecule has 4 aliphatic rings. The van der Waals surface area contributed by atoms with E-state index >= 15 is 14.4 Å². The van der Waals surface area contributed by atoms with Crippen molar-refractivity contribution in [3.63, 3.8) is 0 Å². The first-order valence-corrected chi connectivity index (χ1v) is 24.6. The fourth-order valence-corrected chi connectivity index (χ4v) is 12.2. The van der Waals surface area contributed by atoms with Gasteiger partial charge in [-0.05, 0) is 148 Å². The van der Waals surface area contributed by atoms with Crippen LogP contribution in [0.25, 0.3) is 11.1 Å². The molecule has 0 amide bonds.